The molecule has 30 heavy (non-hydrogen) atoms. The summed E-state index contributed by atoms with van der Waals surface area (Å²) in [4.78, 5) is 11.1. The summed E-state index contributed by atoms with van der Waals surface area (Å²) in [6.45, 7) is 1.92. The maximum Gasteiger partial charge on any atom is 0.331 e. The van der Waals surface area contributed by atoms with Crippen LogP contribution in [-0.4, -0.2) is 25.3 Å². The lowest BCUT2D eigenvalue weighted by atomic mass is 9.99. The first-order valence-corrected chi connectivity index (χ1v) is 9.16. The summed E-state index contributed by atoms with van der Waals surface area (Å²) < 4.78 is 31.0. The number of hydrogen-bond donors (Lipinski definition) is 2. The van der Waals surface area contributed by atoms with E-state index >= 15 is 0 Å². The summed E-state index contributed by atoms with van der Waals surface area (Å²) in [5.74, 6) is 0.0704. The first-order chi connectivity index (χ1) is 14.4. The summed E-state index contributed by atoms with van der Waals surface area (Å²) in [7, 11) is 2.94. The van der Waals surface area contributed by atoms with Gasteiger partial charge in [0.15, 0.2) is 0 Å². The largest absolute Gasteiger partial charge is 0.496 e. The molecule has 156 valence electrons. The number of aliphatic carboxylic acids is 1. The SMILES string of the molecule is COc1cc(-c2ccc(NCc3ccco3)cc2F)c(OC)cc1C=C(C)C(=O)O. The number of carbonyl (C=O) groups is 1. The molecule has 0 aliphatic carbocycles. The van der Waals surface area contributed by atoms with E-state index in [4.69, 9.17) is 19.0 Å². The highest BCUT2D eigenvalue weighted by atomic mass is 19.1. The van der Waals surface area contributed by atoms with Crippen molar-refractivity contribution in [2.45, 2.75) is 13.5 Å². The molecule has 0 unspecified atom stereocenters. The van der Waals surface area contributed by atoms with Gasteiger partial charge in [-0.1, -0.05) is 0 Å². The summed E-state index contributed by atoms with van der Waals surface area (Å²) in [5.41, 5.74) is 2.10. The molecule has 3 rings (SSSR count). The van der Waals surface area contributed by atoms with Crippen LogP contribution in [-0.2, 0) is 11.3 Å². The molecular formula is C23H22FNO5. The molecule has 0 saturated carbocycles. The van der Waals surface area contributed by atoms with Gasteiger partial charge in [0.1, 0.15) is 23.1 Å². The van der Waals surface area contributed by atoms with Gasteiger partial charge in [-0.15, -0.1) is 0 Å². The molecule has 0 fully saturated rings. The molecule has 1 aromatic heterocycles. The molecular weight excluding hydrogens is 389 g/mol. The summed E-state index contributed by atoms with van der Waals surface area (Å²) >= 11 is 0. The summed E-state index contributed by atoms with van der Waals surface area (Å²) in [6, 6.07) is 11.7. The molecule has 0 atom stereocenters. The predicted octanol–water partition coefficient (Wildman–Crippen LogP) is 5.20. The van der Waals surface area contributed by atoms with Gasteiger partial charge in [0, 0.05) is 28.0 Å². The highest BCUT2D eigenvalue weighted by Crippen LogP contribution is 2.38. The fourth-order valence-corrected chi connectivity index (χ4v) is 2.99. The van der Waals surface area contributed by atoms with Crippen molar-refractivity contribution in [3.05, 3.63) is 71.4 Å². The third kappa shape index (κ3) is 4.63. The van der Waals surface area contributed by atoms with E-state index in [1.165, 1.54) is 33.3 Å². The fraction of sp³-hybridized carbons (Fsp3) is 0.174. The monoisotopic (exact) mass is 411 g/mol. The quantitative estimate of drug-likeness (QED) is 0.496. The molecule has 0 saturated heterocycles. The zero-order valence-corrected chi connectivity index (χ0v) is 16.9. The second-order valence-electron chi connectivity index (χ2n) is 6.55. The van der Waals surface area contributed by atoms with Crippen LogP contribution in [0, 0.1) is 5.82 Å². The van der Waals surface area contributed by atoms with E-state index in [0.29, 0.717) is 40.4 Å². The van der Waals surface area contributed by atoms with E-state index in [1.54, 1.807) is 36.6 Å². The number of rotatable bonds is 8. The van der Waals surface area contributed by atoms with E-state index in [9.17, 15) is 9.18 Å². The van der Waals surface area contributed by atoms with Crippen molar-refractivity contribution in [1.82, 2.24) is 0 Å². The first kappa shape index (κ1) is 21.0. The van der Waals surface area contributed by atoms with Crippen molar-refractivity contribution in [3.63, 3.8) is 0 Å². The zero-order valence-electron chi connectivity index (χ0n) is 16.9. The third-order valence-electron chi connectivity index (χ3n) is 4.57. The van der Waals surface area contributed by atoms with Crippen LogP contribution in [0.25, 0.3) is 17.2 Å². The van der Waals surface area contributed by atoms with Crippen molar-refractivity contribution in [2.24, 2.45) is 0 Å². The van der Waals surface area contributed by atoms with Gasteiger partial charge in [-0.05, 0) is 55.5 Å². The number of nitrogens with one attached hydrogen (secondary N) is 1. The second-order valence-corrected chi connectivity index (χ2v) is 6.55. The third-order valence-corrected chi connectivity index (χ3v) is 4.57. The standard InChI is InChI=1S/C23H22FNO5/c1-14(23(26)27)9-15-10-22(29-3)19(12-21(15)28-2)18-7-6-16(11-20(18)24)25-13-17-5-4-8-30-17/h4-12,25H,13H2,1-3H3,(H,26,27). The van der Waals surface area contributed by atoms with E-state index in [-0.39, 0.29) is 5.57 Å². The Balaban J connectivity index is 1.96. The normalized spacial score (nSPS) is 11.3. The molecule has 2 N–H and O–H groups in total. The predicted molar refractivity (Wildman–Crippen MR) is 112 cm³/mol. The molecule has 0 spiro atoms. The van der Waals surface area contributed by atoms with Crippen molar-refractivity contribution in [2.75, 3.05) is 19.5 Å². The molecule has 2 aromatic carbocycles. The Kier molecular flexibility index (Phi) is 6.41. The van der Waals surface area contributed by atoms with Gasteiger partial charge in [0.2, 0.25) is 0 Å². The average Bonchev–Trinajstić information content (AvgIpc) is 3.25. The summed E-state index contributed by atoms with van der Waals surface area (Å²) in [5, 5.41) is 12.2. The average molecular weight is 411 g/mol. The van der Waals surface area contributed by atoms with Crippen molar-refractivity contribution in [1.29, 1.82) is 0 Å². The van der Waals surface area contributed by atoms with Crippen LogP contribution in [0.15, 0.2) is 58.7 Å². The van der Waals surface area contributed by atoms with Crippen LogP contribution in [0.4, 0.5) is 10.1 Å². The Morgan fingerprint density at radius 3 is 2.50 bits per heavy atom. The number of anilines is 1. The lowest BCUT2D eigenvalue weighted by Crippen LogP contribution is -2.00. The fourth-order valence-electron chi connectivity index (χ4n) is 2.99. The number of methoxy groups -OCH3 is 2. The van der Waals surface area contributed by atoms with Crippen LogP contribution < -0.4 is 14.8 Å². The highest BCUT2D eigenvalue weighted by molar-refractivity contribution is 5.92. The number of carboxylic acid groups (broad SMARTS) is 1. The van der Waals surface area contributed by atoms with Crippen LogP contribution in [0.1, 0.15) is 18.2 Å². The Morgan fingerprint density at radius 1 is 1.13 bits per heavy atom. The second kappa shape index (κ2) is 9.17. The number of benzene rings is 2. The maximum absolute atomic E-state index is 14.9. The van der Waals surface area contributed by atoms with Crippen molar-refractivity contribution in [3.8, 4) is 22.6 Å². The van der Waals surface area contributed by atoms with Gasteiger partial charge in [0.25, 0.3) is 0 Å². The zero-order chi connectivity index (χ0) is 21.7. The van der Waals surface area contributed by atoms with Crippen molar-refractivity contribution >= 4 is 17.7 Å². The Hall–Kier alpha value is -3.74. The van der Waals surface area contributed by atoms with E-state index in [1.807, 2.05) is 6.07 Å². The Labute approximate surface area is 173 Å². The number of carboxylic acids is 1. The minimum Gasteiger partial charge on any atom is -0.496 e. The molecule has 0 amide bonds. The van der Waals surface area contributed by atoms with Gasteiger partial charge < -0.3 is 24.3 Å². The minimum atomic E-state index is -1.04. The molecule has 3 aromatic rings. The van der Waals surface area contributed by atoms with E-state index in [0.717, 1.165) is 5.76 Å². The van der Waals surface area contributed by atoms with Crippen LogP contribution in [0.2, 0.25) is 0 Å². The lowest BCUT2D eigenvalue weighted by Gasteiger charge is -2.15. The first-order valence-electron chi connectivity index (χ1n) is 9.16. The van der Waals surface area contributed by atoms with Crippen LogP contribution in [0.3, 0.4) is 0 Å². The van der Waals surface area contributed by atoms with E-state index < -0.39 is 11.8 Å². The smallest absolute Gasteiger partial charge is 0.331 e. The minimum absolute atomic E-state index is 0.140. The van der Waals surface area contributed by atoms with E-state index in [2.05, 4.69) is 5.32 Å². The van der Waals surface area contributed by atoms with Gasteiger partial charge in [-0.25, -0.2) is 9.18 Å². The van der Waals surface area contributed by atoms with Gasteiger partial charge in [-0.2, -0.15) is 0 Å². The molecule has 1 heterocycles. The highest BCUT2D eigenvalue weighted by Gasteiger charge is 2.16. The van der Waals surface area contributed by atoms with Gasteiger partial charge in [0.05, 0.1) is 27.0 Å². The molecule has 0 aliphatic heterocycles. The maximum atomic E-state index is 14.9. The number of hydrogen-bond acceptors (Lipinski definition) is 5. The Bertz CT molecular complexity index is 1070. The molecule has 7 heteroatoms. The van der Waals surface area contributed by atoms with Gasteiger partial charge in [-0.3, -0.25) is 0 Å². The van der Waals surface area contributed by atoms with Gasteiger partial charge >= 0.3 is 5.97 Å². The summed E-state index contributed by atoms with van der Waals surface area (Å²) in [6.07, 6.45) is 3.06. The Morgan fingerprint density at radius 2 is 1.90 bits per heavy atom. The molecule has 0 bridgehead atoms. The molecule has 0 radical (unpaired) electrons. The topological polar surface area (TPSA) is 80.9 Å². The number of furan rings is 1. The molecule has 0 aliphatic rings. The number of halogens is 1. The number of ether oxygens (including phenoxy) is 2. The van der Waals surface area contributed by atoms with Crippen LogP contribution >= 0.6 is 0 Å². The van der Waals surface area contributed by atoms with Crippen LogP contribution in [0.5, 0.6) is 11.5 Å². The lowest BCUT2D eigenvalue weighted by molar-refractivity contribution is -0.132. The molecule has 6 nitrogen and oxygen atoms in total. The van der Waals surface area contributed by atoms with Crippen molar-refractivity contribution < 1.29 is 28.2 Å².